The van der Waals surface area contributed by atoms with Crippen molar-refractivity contribution in [2.75, 3.05) is 13.1 Å². The van der Waals surface area contributed by atoms with Crippen molar-refractivity contribution >= 4 is 11.6 Å². The summed E-state index contributed by atoms with van der Waals surface area (Å²) in [6.45, 7) is 2.81. The number of carbonyl (C=O) groups excluding carboxylic acids is 1. The number of aryl methyl sites for hydroxylation is 1. The van der Waals surface area contributed by atoms with E-state index in [1.165, 1.54) is 11.0 Å². The molecule has 1 aliphatic heterocycles. The van der Waals surface area contributed by atoms with Crippen LogP contribution in [0.5, 0.6) is 0 Å². The number of carbonyl (C=O) groups is 1. The van der Waals surface area contributed by atoms with Gasteiger partial charge in [-0.05, 0) is 38.0 Å². The molecule has 3 aromatic rings. The fourth-order valence-corrected chi connectivity index (χ4v) is 3.58. The van der Waals surface area contributed by atoms with Crippen molar-refractivity contribution in [1.29, 1.82) is 0 Å². The van der Waals surface area contributed by atoms with E-state index in [1.807, 2.05) is 23.6 Å². The van der Waals surface area contributed by atoms with Gasteiger partial charge >= 0.3 is 0 Å². The molecule has 1 aliphatic rings. The van der Waals surface area contributed by atoms with Gasteiger partial charge in [-0.15, -0.1) is 0 Å². The highest BCUT2D eigenvalue weighted by Crippen LogP contribution is 2.29. The number of benzene rings is 1. The van der Waals surface area contributed by atoms with Crippen LogP contribution in [-0.4, -0.2) is 38.5 Å². The molecule has 0 bridgehead atoms. The van der Waals surface area contributed by atoms with Crippen LogP contribution in [0.2, 0.25) is 0 Å². The smallest absolute Gasteiger partial charge is 0.259 e. The zero-order chi connectivity index (χ0) is 18.3. The van der Waals surface area contributed by atoms with Crippen LogP contribution in [0.4, 0.5) is 8.78 Å². The van der Waals surface area contributed by atoms with E-state index in [2.05, 4.69) is 10.1 Å². The Morgan fingerprint density at radius 2 is 1.85 bits per heavy atom. The topological polar surface area (TPSA) is 50.5 Å². The Bertz CT molecular complexity index is 957. The number of piperidine rings is 1. The first-order valence-electron chi connectivity index (χ1n) is 8.59. The standard InChI is InChI=1S/C19H18F2N4O/c1-12-11-17-22-8-5-16(25(17)23-12)13-6-9-24(10-7-13)19(26)18-14(20)3-2-4-15(18)21/h2-5,8,11,13H,6-7,9-10H2,1H3. The Labute approximate surface area is 149 Å². The Hall–Kier alpha value is -2.83. The zero-order valence-corrected chi connectivity index (χ0v) is 14.3. The molecular weight excluding hydrogens is 338 g/mol. The highest BCUT2D eigenvalue weighted by molar-refractivity contribution is 5.94. The second-order valence-electron chi connectivity index (χ2n) is 6.59. The van der Waals surface area contributed by atoms with E-state index >= 15 is 0 Å². The molecule has 0 aliphatic carbocycles. The molecule has 2 aromatic heterocycles. The van der Waals surface area contributed by atoms with Crippen LogP contribution in [0.1, 0.15) is 40.5 Å². The second-order valence-corrected chi connectivity index (χ2v) is 6.59. The zero-order valence-electron chi connectivity index (χ0n) is 14.3. The number of hydrogen-bond donors (Lipinski definition) is 0. The summed E-state index contributed by atoms with van der Waals surface area (Å²) in [6.07, 6.45) is 3.18. The van der Waals surface area contributed by atoms with Gasteiger partial charge in [0.1, 0.15) is 17.2 Å². The fraction of sp³-hybridized carbons (Fsp3) is 0.316. The van der Waals surface area contributed by atoms with Crippen LogP contribution >= 0.6 is 0 Å². The highest BCUT2D eigenvalue weighted by Gasteiger charge is 2.29. The lowest BCUT2D eigenvalue weighted by Crippen LogP contribution is -2.39. The van der Waals surface area contributed by atoms with Gasteiger partial charge in [0, 0.05) is 37.0 Å². The maximum atomic E-state index is 13.9. The summed E-state index contributed by atoms with van der Waals surface area (Å²) in [5, 5.41) is 4.49. The van der Waals surface area contributed by atoms with Gasteiger partial charge in [-0.1, -0.05) is 6.07 Å². The fourth-order valence-electron chi connectivity index (χ4n) is 3.58. The van der Waals surface area contributed by atoms with Crippen molar-refractivity contribution in [2.45, 2.75) is 25.7 Å². The largest absolute Gasteiger partial charge is 0.338 e. The lowest BCUT2D eigenvalue weighted by Gasteiger charge is -2.32. The van der Waals surface area contributed by atoms with E-state index in [0.717, 1.165) is 29.2 Å². The average molecular weight is 356 g/mol. The van der Waals surface area contributed by atoms with E-state index in [-0.39, 0.29) is 5.92 Å². The third kappa shape index (κ3) is 2.83. The summed E-state index contributed by atoms with van der Waals surface area (Å²) in [4.78, 5) is 18.3. The third-order valence-electron chi connectivity index (χ3n) is 4.89. The molecular formula is C19H18F2N4O. The van der Waals surface area contributed by atoms with Crippen molar-refractivity contribution < 1.29 is 13.6 Å². The molecule has 0 saturated carbocycles. The van der Waals surface area contributed by atoms with E-state index in [9.17, 15) is 13.6 Å². The quantitative estimate of drug-likeness (QED) is 0.708. The first-order chi connectivity index (χ1) is 12.5. The number of likely N-dealkylation sites (tertiary alicyclic amines) is 1. The van der Waals surface area contributed by atoms with E-state index < -0.39 is 23.1 Å². The molecule has 26 heavy (non-hydrogen) atoms. The van der Waals surface area contributed by atoms with Crippen molar-refractivity contribution in [2.24, 2.45) is 0 Å². The van der Waals surface area contributed by atoms with Gasteiger partial charge in [0.15, 0.2) is 5.65 Å². The second kappa shape index (κ2) is 6.48. The minimum absolute atomic E-state index is 0.217. The number of fused-ring (bicyclic) bond motifs is 1. The number of halogens is 2. The number of rotatable bonds is 2. The molecule has 4 rings (SSSR count). The molecule has 1 saturated heterocycles. The lowest BCUT2D eigenvalue weighted by atomic mass is 9.93. The summed E-state index contributed by atoms with van der Waals surface area (Å²) >= 11 is 0. The predicted octanol–water partition coefficient (Wildman–Crippen LogP) is 3.34. The molecule has 0 spiro atoms. The minimum Gasteiger partial charge on any atom is -0.338 e. The number of amides is 1. The summed E-state index contributed by atoms with van der Waals surface area (Å²) in [7, 11) is 0. The van der Waals surface area contributed by atoms with Gasteiger partial charge in [-0.3, -0.25) is 4.79 Å². The molecule has 0 unspecified atom stereocenters. The van der Waals surface area contributed by atoms with Crippen molar-refractivity contribution in [3.8, 4) is 0 Å². The molecule has 1 aromatic carbocycles. The van der Waals surface area contributed by atoms with Gasteiger partial charge in [0.05, 0.1) is 5.69 Å². The molecule has 0 atom stereocenters. The van der Waals surface area contributed by atoms with Crippen LogP contribution in [0.15, 0.2) is 36.5 Å². The van der Waals surface area contributed by atoms with Crippen LogP contribution in [0, 0.1) is 18.6 Å². The number of nitrogens with zero attached hydrogens (tertiary/aromatic N) is 4. The predicted molar refractivity (Wildman–Crippen MR) is 92.0 cm³/mol. The molecule has 1 fully saturated rings. The van der Waals surface area contributed by atoms with E-state index in [0.29, 0.717) is 25.9 Å². The molecule has 3 heterocycles. The molecule has 0 radical (unpaired) electrons. The number of hydrogen-bond acceptors (Lipinski definition) is 3. The van der Waals surface area contributed by atoms with Gasteiger partial charge in [0.25, 0.3) is 5.91 Å². The van der Waals surface area contributed by atoms with Gasteiger partial charge in [-0.2, -0.15) is 5.10 Å². The monoisotopic (exact) mass is 356 g/mol. The maximum absolute atomic E-state index is 13.9. The van der Waals surface area contributed by atoms with Crippen LogP contribution in [0.25, 0.3) is 5.65 Å². The molecule has 134 valence electrons. The average Bonchev–Trinajstić information content (AvgIpc) is 3.01. The summed E-state index contributed by atoms with van der Waals surface area (Å²) in [5.41, 5.74) is 2.27. The Morgan fingerprint density at radius 3 is 2.54 bits per heavy atom. The van der Waals surface area contributed by atoms with Crippen molar-refractivity contribution in [3.05, 3.63) is 65.1 Å². The van der Waals surface area contributed by atoms with Gasteiger partial charge in [0.2, 0.25) is 0 Å². The van der Waals surface area contributed by atoms with E-state index in [1.54, 1.807) is 6.20 Å². The molecule has 0 N–H and O–H groups in total. The Kier molecular flexibility index (Phi) is 4.14. The minimum atomic E-state index is -0.819. The summed E-state index contributed by atoms with van der Waals surface area (Å²) in [5.74, 6) is -2.01. The van der Waals surface area contributed by atoms with Crippen LogP contribution < -0.4 is 0 Å². The Balaban J connectivity index is 1.53. The molecule has 1 amide bonds. The van der Waals surface area contributed by atoms with Crippen molar-refractivity contribution in [3.63, 3.8) is 0 Å². The van der Waals surface area contributed by atoms with Crippen LogP contribution in [-0.2, 0) is 0 Å². The maximum Gasteiger partial charge on any atom is 0.259 e. The SMILES string of the molecule is Cc1cc2nccc(C3CCN(C(=O)c4c(F)cccc4F)CC3)n2n1. The normalized spacial score (nSPS) is 15.6. The first kappa shape index (κ1) is 16.6. The first-order valence-corrected chi connectivity index (χ1v) is 8.59. The van der Waals surface area contributed by atoms with Gasteiger partial charge < -0.3 is 4.90 Å². The van der Waals surface area contributed by atoms with E-state index in [4.69, 9.17) is 0 Å². The molecule has 7 heteroatoms. The highest BCUT2D eigenvalue weighted by atomic mass is 19.1. The van der Waals surface area contributed by atoms with Crippen LogP contribution in [0.3, 0.4) is 0 Å². The third-order valence-corrected chi connectivity index (χ3v) is 4.89. The number of aromatic nitrogens is 3. The Morgan fingerprint density at radius 1 is 1.15 bits per heavy atom. The summed E-state index contributed by atoms with van der Waals surface area (Å²) < 4.78 is 29.6. The summed E-state index contributed by atoms with van der Waals surface area (Å²) in [6, 6.07) is 7.34. The van der Waals surface area contributed by atoms with Crippen molar-refractivity contribution in [1.82, 2.24) is 19.5 Å². The lowest BCUT2D eigenvalue weighted by molar-refractivity contribution is 0.0701. The van der Waals surface area contributed by atoms with Gasteiger partial charge in [-0.25, -0.2) is 18.3 Å². The molecule has 5 nitrogen and oxygen atoms in total.